The monoisotopic (exact) mass is 249 g/mol. The number of hydrogen-bond acceptors (Lipinski definition) is 3. The SMILES string of the molecule is CCN(C)C(=O)Nc1nn(C)c(C(C)C)c1C#N. The average molecular weight is 249 g/mol. The molecule has 18 heavy (non-hydrogen) atoms. The Labute approximate surface area is 107 Å². The molecular formula is C12H19N5O. The molecule has 1 rings (SSSR count). The van der Waals surface area contributed by atoms with Crippen LogP contribution in [0.15, 0.2) is 0 Å². The van der Waals surface area contributed by atoms with E-state index in [1.165, 1.54) is 4.90 Å². The summed E-state index contributed by atoms with van der Waals surface area (Å²) in [6.07, 6.45) is 0. The van der Waals surface area contributed by atoms with Crippen molar-refractivity contribution >= 4 is 11.8 Å². The van der Waals surface area contributed by atoms with Crippen molar-refractivity contribution in [2.45, 2.75) is 26.7 Å². The molecule has 98 valence electrons. The van der Waals surface area contributed by atoms with Crippen LogP contribution in [-0.4, -0.2) is 34.3 Å². The van der Waals surface area contributed by atoms with E-state index < -0.39 is 0 Å². The van der Waals surface area contributed by atoms with E-state index in [4.69, 9.17) is 0 Å². The van der Waals surface area contributed by atoms with Gasteiger partial charge in [0.2, 0.25) is 0 Å². The highest BCUT2D eigenvalue weighted by atomic mass is 16.2. The second kappa shape index (κ2) is 5.54. The topological polar surface area (TPSA) is 74.0 Å². The maximum atomic E-state index is 11.8. The van der Waals surface area contributed by atoms with Crippen molar-refractivity contribution in [3.05, 3.63) is 11.3 Å². The van der Waals surface area contributed by atoms with Crippen LogP contribution in [0, 0.1) is 11.3 Å². The lowest BCUT2D eigenvalue weighted by molar-refractivity contribution is 0.224. The summed E-state index contributed by atoms with van der Waals surface area (Å²) in [4.78, 5) is 13.3. The highest BCUT2D eigenvalue weighted by molar-refractivity contribution is 5.89. The molecule has 0 saturated heterocycles. The fraction of sp³-hybridized carbons (Fsp3) is 0.583. The molecule has 0 aromatic carbocycles. The van der Waals surface area contributed by atoms with Gasteiger partial charge in [-0.05, 0) is 12.8 Å². The Morgan fingerprint density at radius 2 is 2.22 bits per heavy atom. The molecule has 2 amide bonds. The van der Waals surface area contributed by atoms with Gasteiger partial charge in [0.05, 0.1) is 5.69 Å². The predicted octanol–water partition coefficient (Wildman–Crippen LogP) is 1.90. The van der Waals surface area contributed by atoms with Crippen molar-refractivity contribution in [1.29, 1.82) is 5.26 Å². The highest BCUT2D eigenvalue weighted by Gasteiger charge is 2.20. The van der Waals surface area contributed by atoms with Crippen LogP contribution in [0.4, 0.5) is 10.6 Å². The number of carbonyl (C=O) groups is 1. The fourth-order valence-corrected chi connectivity index (χ4v) is 1.74. The van der Waals surface area contributed by atoms with E-state index in [2.05, 4.69) is 16.5 Å². The number of nitriles is 1. The lowest BCUT2D eigenvalue weighted by atomic mass is 10.1. The van der Waals surface area contributed by atoms with Crippen molar-refractivity contribution in [3.8, 4) is 6.07 Å². The van der Waals surface area contributed by atoms with E-state index in [-0.39, 0.29) is 11.9 Å². The standard InChI is InChI=1S/C12H19N5O/c1-6-16(4)12(18)14-11-9(7-13)10(8(2)3)17(5)15-11/h8H,6H2,1-5H3,(H,14,15,18). The summed E-state index contributed by atoms with van der Waals surface area (Å²) in [6, 6.07) is 1.85. The minimum Gasteiger partial charge on any atom is -0.328 e. The molecule has 1 aromatic heterocycles. The summed E-state index contributed by atoms with van der Waals surface area (Å²) >= 11 is 0. The van der Waals surface area contributed by atoms with Crippen LogP contribution in [0.3, 0.4) is 0 Å². The summed E-state index contributed by atoms with van der Waals surface area (Å²) in [7, 11) is 3.46. The third-order valence-corrected chi connectivity index (χ3v) is 2.80. The zero-order valence-electron chi connectivity index (χ0n) is 11.5. The van der Waals surface area contributed by atoms with Crippen LogP contribution >= 0.6 is 0 Å². The predicted molar refractivity (Wildman–Crippen MR) is 69.3 cm³/mol. The molecular weight excluding hydrogens is 230 g/mol. The molecule has 0 aliphatic heterocycles. The van der Waals surface area contributed by atoms with Crippen LogP contribution < -0.4 is 5.32 Å². The first-order chi connectivity index (χ1) is 8.42. The maximum Gasteiger partial charge on any atom is 0.322 e. The molecule has 6 nitrogen and oxygen atoms in total. The minimum absolute atomic E-state index is 0.173. The molecule has 0 unspecified atom stereocenters. The number of hydrogen-bond donors (Lipinski definition) is 1. The highest BCUT2D eigenvalue weighted by Crippen LogP contribution is 2.24. The van der Waals surface area contributed by atoms with Crippen LogP contribution in [0.5, 0.6) is 0 Å². The summed E-state index contributed by atoms with van der Waals surface area (Å²) in [5.41, 5.74) is 1.26. The second-order valence-electron chi connectivity index (χ2n) is 4.44. The van der Waals surface area contributed by atoms with Gasteiger partial charge in [0.1, 0.15) is 11.6 Å². The number of anilines is 1. The number of nitrogens with one attached hydrogen (secondary N) is 1. The molecule has 0 spiro atoms. The number of amides is 2. The van der Waals surface area contributed by atoms with Gasteiger partial charge >= 0.3 is 6.03 Å². The second-order valence-corrected chi connectivity index (χ2v) is 4.44. The Hall–Kier alpha value is -2.03. The lowest BCUT2D eigenvalue weighted by Gasteiger charge is -2.14. The molecule has 0 saturated carbocycles. The van der Waals surface area contributed by atoms with Gasteiger partial charge in [-0.1, -0.05) is 13.8 Å². The first kappa shape index (κ1) is 14.0. The molecule has 0 fully saturated rings. The third kappa shape index (κ3) is 2.62. The number of aryl methyl sites for hydroxylation is 1. The molecule has 0 aliphatic rings. The Balaban J connectivity index is 3.09. The molecule has 0 bridgehead atoms. The number of rotatable bonds is 3. The molecule has 0 aliphatic carbocycles. The first-order valence-electron chi connectivity index (χ1n) is 5.91. The molecule has 1 heterocycles. The summed E-state index contributed by atoms with van der Waals surface area (Å²) in [6.45, 7) is 6.45. The van der Waals surface area contributed by atoms with Crippen molar-refractivity contribution < 1.29 is 4.79 Å². The average Bonchev–Trinajstić information content (AvgIpc) is 2.63. The molecule has 0 radical (unpaired) electrons. The van der Waals surface area contributed by atoms with Gasteiger partial charge in [0.15, 0.2) is 5.82 Å². The Morgan fingerprint density at radius 3 is 2.67 bits per heavy atom. The van der Waals surface area contributed by atoms with Gasteiger partial charge in [-0.3, -0.25) is 10.00 Å². The van der Waals surface area contributed by atoms with E-state index in [1.807, 2.05) is 20.8 Å². The zero-order valence-corrected chi connectivity index (χ0v) is 11.5. The summed E-state index contributed by atoms with van der Waals surface area (Å²) in [5.74, 6) is 0.501. The number of urea groups is 1. The molecule has 1 aromatic rings. The largest absolute Gasteiger partial charge is 0.328 e. The molecule has 1 N–H and O–H groups in total. The van der Waals surface area contributed by atoms with Crippen molar-refractivity contribution in [1.82, 2.24) is 14.7 Å². The van der Waals surface area contributed by atoms with Crippen molar-refractivity contribution in [3.63, 3.8) is 0 Å². The summed E-state index contributed by atoms with van der Waals surface area (Å²) < 4.78 is 1.64. The zero-order chi connectivity index (χ0) is 13.9. The van der Waals surface area contributed by atoms with E-state index in [0.29, 0.717) is 17.9 Å². The van der Waals surface area contributed by atoms with E-state index in [1.54, 1.807) is 18.8 Å². The van der Waals surface area contributed by atoms with Gasteiger partial charge < -0.3 is 4.90 Å². The van der Waals surface area contributed by atoms with Crippen LogP contribution in [-0.2, 0) is 7.05 Å². The van der Waals surface area contributed by atoms with Gasteiger partial charge in [-0.25, -0.2) is 4.79 Å². The van der Waals surface area contributed by atoms with Crippen LogP contribution in [0.1, 0.15) is 37.9 Å². The molecule has 0 atom stereocenters. The van der Waals surface area contributed by atoms with E-state index >= 15 is 0 Å². The number of aromatic nitrogens is 2. The quantitative estimate of drug-likeness (QED) is 0.889. The van der Waals surface area contributed by atoms with Gasteiger partial charge in [0, 0.05) is 20.6 Å². The first-order valence-corrected chi connectivity index (χ1v) is 5.91. The van der Waals surface area contributed by atoms with Crippen molar-refractivity contribution in [2.24, 2.45) is 7.05 Å². The lowest BCUT2D eigenvalue weighted by Crippen LogP contribution is -2.31. The fourth-order valence-electron chi connectivity index (χ4n) is 1.74. The summed E-state index contributed by atoms with van der Waals surface area (Å²) in [5, 5.41) is 16.1. The number of nitrogens with zero attached hydrogens (tertiary/aromatic N) is 4. The Morgan fingerprint density at radius 1 is 1.61 bits per heavy atom. The Bertz CT molecular complexity index is 483. The maximum absolute atomic E-state index is 11.8. The Kier molecular flexibility index (Phi) is 4.32. The van der Waals surface area contributed by atoms with Gasteiger partial charge in [0.25, 0.3) is 0 Å². The number of carbonyl (C=O) groups excluding carboxylic acids is 1. The van der Waals surface area contributed by atoms with E-state index in [0.717, 1.165) is 5.69 Å². The van der Waals surface area contributed by atoms with Gasteiger partial charge in [-0.15, -0.1) is 0 Å². The molecule has 6 heteroatoms. The normalized spacial score (nSPS) is 10.3. The van der Waals surface area contributed by atoms with Crippen molar-refractivity contribution in [2.75, 3.05) is 18.9 Å². The van der Waals surface area contributed by atoms with Crippen LogP contribution in [0.2, 0.25) is 0 Å². The van der Waals surface area contributed by atoms with Crippen LogP contribution in [0.25, 0.3) is 0 Å². The van der Waals surface area contributed by atoms with Gasteiger partial charge in [-0.2, -0.15) is 10.4 Å². The minimum atomic E-state index is -0.262. The smallest absolute Gasteiger partial charge is 0.322 e. The van der Waals surface area contributed by atoms with E-state index in [9.17, 15) is 10.1 Å². The third-order valence-electron chi connectivity index (χ3n) is 2.80.